The summed E-state index contributed by atoms with van der Waals surface area (Å²) in [4.78, 5) is 7.00. The molecule has 208 valence electrons. The van der Waals surface area contributed by atoms with Crippen LogP contribution in [0.4, 0.5) is 18.9 Å². The Hall–Kier alpha value is -3.27. The van der Waals surface area contributed by atoms with Crippen molar-refractivity contribution in [3.8, 4) is 17.6 Å². The number of imidazole rings is 1. The van der Waals surface area contributed by atoms with Crippen LogP contribution < -0.4 is 15.4 Å². The van der Waals surface area contributed by atoms with E-state index < -0.39 is 22.4 Å². The van der Waals surface area contributed by atoms with Gasteiger partial charge in [-0.25, -0.2) is 13.4 Å². The first-order valence-corrected chi connectivity index (χ1v) is 14.4. The van der Waals surface area contributed by atoms with Gasteiger partial charge in [0.1, 0.15) is 17.1 Å². The van der Waals surface area contributed by atoms with E-state index >= 15 is 0 Å². The predicted octanol–water partition coefficient (Wildman–Crippen LogP) is 3.28. The number of methoxy groups -OCH3 is 1. The number of aromatic nitrogens is 2. The van der Waals surface area contributed by atoms with E-state index in [1.165, 1.54) is 23.6 Å². The molecule has 0 amide bonds. The molecule has 4 heterocycles. The van der Waals surface area contributed by atoms with Gasteiger partial charge in [0.15, 0.2) is 9.84 Å². The summed E-state index contributed by atoms with van der Waals surface area (Å²) in [5.41, 5.74) is 1.96. The number of likely N-dealkylation sites (N-methyl/N-ethyl adjacent to an activating group) is 1. The number of piperidine rings is 1. The van der Waals surface area contributed by atoms with Gasteiger partial charge >= 0.3 is 6.18 Å². The quantitative estimate of drug-likeness (QED) is 0.447. The molecule has 2 aliphatic heterocycles. The van der Waals surface area contributed by atoms with Gasteiger partial charge in [0, 0.05) is 49.3 Å². The molecule has 0 saturated carbocycles. The number of pyridine rings is 1. The monoisotopic (exact) mass is 561 g/mol. The lowest BCUT2D eigenvalue weighted by Gasteiger charge is -2.28. The summed E-state index contributed by atoms with van der Waals surface area (Å²) in [5.74, 6) is 6.36. The summed E-state index contributed by atoms with van der Waals surface area (Å²) in [7, 11) is 0.0905. The first-order chi connectivity index (χ1) is 18.4. The summed E-state index contributed by atoms with van der Waals surface area (Å²) in [6.45, 7) is 1.94. The van der Waals surface area contributed by atoms with Crippen LogP contribution in [0.1, 0.15) is 29.4 Å². The molecule has 12 heteroatoms. The second kappa shape index (κ2) is 10.4. The van der Waals surface area contributed by atoms with Crippen molar-refractivity contribution in [1.82, 2.24) is 19.6 Å². The average molecular weight is 562 g/mol. The number of ether oxygens (including phenoxy) is 1. The highest BCUT2D eigenvalue weighted by molar-refractivity contribution is 7.90. The highest BCUT2D eigenvalue weighted by Gasteiger charge is 2.40. The van der Waals surface area contributed by atoms with E-state index in [0.29, 0.717) is 29.0 Å². The van der Waals surface area contributed by atoms with Gasteiger partial charge in [-0.15, -0.1) is 0 Å². The van der Waals surface area contributed by atoms with Crippen molar-refractivity contribution in [3.05, 3.63) is 53.5 Å². The van der Waals surface area contributed by atoms with Crippen LogP contribution in [0.15, 0.2) is 41.4 Å². The molecule has 5 rings (SSSR count). The second-order valence-electron chi connectivity index (χ2n) is 10.2. The van der Waals surface area contributed by atoms with Crippen molar-refractivity contribution >= 4 is 21.2 Å². The van der Waals surface area contributed by atoms with Gasteiger partial charge in [0.05, 0.1) is 36.4 Å². The number of alkyl halides is 3. The summed E-state index contributed by atoms with van der Waals surface area (Å²) in [6.07, 6.45) is -1.84. The van der Waals surface area contributed by atoms with Crippen LogP contribution in [0.3, 0.4) is 0 Å². The van der Waals surface area contributed by atoms with Gasteiger partial charge in [-0.05, 0) is 43.5 Å². The van der Waals surface area contributed by atoms with Crippen LogP contribution in [-0.2, 0) is 16.3 Å². The molecule has 8 nitrogen and oxygen atoms in total. The topological polar surface area (TPSA) is 88.0 Å². The van der Waals surface area contributed by atoms with Crippen LogP contribution in [0, 0.1) is 17.8 Å². The minimum Gasteiger partial charge on any atom is -0.495 e. The SMILES string of the molecule is COc1cc(S(C)(=O)=O)ccc1NCC#Cc1nc2c([C@@H]3N[C@H]4C[C@@H]3CN(C)C4)cccn2c1CC(F)(F)F. The number of hydrogen-bond donors (Lipinski definition) is 2. The van der Waals surface area contributed by atoms with Crippen LogP contribution in [-0.4, -0.2) is 75.0 Å². The lowest BCUT2D eigenvalue weighted by molar-refractivity contribution is -0.128. The van der Waals surface area contributed by atoms with Crippen molar-refractivity contribution < 1.29 is 26.3 Å². The zero-order valence-corrected chi connectivity index (χ0v) is 22.7. The number of hydrogen-bond acceptors (Lipinski definition) is 7. The van der Waals surface area contributed by atoms with E-state index in [-0.39, 0.29) is 28.9 Å². The number of fused-ring (bicyclic) bond motifs is 3. The normalized spacial score (nSPS) is 21.5. The Balaban J connectivity index is 1.44. The van der Waals surface area contributed by atoms with Crippen LogP contribution in [0.2, 0.25) is 0 Å². The molecule has 39 heavy (non-hydrogen) atoms. The van der Waals surface area contributed by atoms with E-state index in [1.54, 1.807) is 18.3 Å². The molecule has 0 unspecified atom stereocenters. The summed E-state index contributed by atoms with van der Waals surface area (Å²) in [6, 6.07) is 8.46. The molecule has 1 aromatic carbocycles. The average Bonchev–Trinajstić information content (AvgIpc) is 3.35. The first kappa shape index (κ1) is 27.3. The van der Waals surface area contributed by atoms with Gasteiger partial charge in [-0.3, -0.25) is 0 Å². The highest BCUT2D eigenvalue weighted by atomic mass is 32.2. The van der Waals surface area contributed by atoms with E-state index in [1.807, 2.05) is 6.07 Å². The largest absolute Gasteiger partial charge is 0.495 e. The number of rotatable bonds is 6. The fourth-order valence-electron chi connectivity index (χ4n) is 5.62. The molecule has 3 aromatic rings. The van der Waals surface area contributed by atoms with Gasteiger partial charge in [0.2, 0.25) is 0 Å². The molecular formula is C27H30F3N5O3S. The molecule has 2 aliphatic rings. The summed E-state index contributed by atoms with van der Waals surface area (Å²) >= 11 is 0. The number of nitrogens with zero attached hydrogens (tertiary/aromatic N) is 3. The molecule has 0 spiro atoms. The zero-order valence-electron chi connectivity index (χ0n) is 21.8. The fourth-order valence-corrected chi connectivity index (χ4v) is 6.25. The Kier molecular flexibility index (Phi) is 7.26. The lowest BCUT2D eigenvalue weighted by atomic mass is 9.91. The Labute approximate surface area is 225 Å². The number of anilines is 1. The maximum absolute atomic E-state index is 13.6. The van der Waals surface area contributed by atoms with Crippen molar-refractivity contribution in [2.45, 2.75) is 36.0 Å². The second-order valence-corrected chi connectivity index (χ2v) is 12.2. The summed E-state index contributed by atoms with van der Waals surface area (Å²) < 4.78 is 71.2. The molecule has 2 bridgehead atoms. The first-order valence-electron chi connectivity index (χ1n) is 12.5. The molecule has 2 aromatic heterocycles. The van der Waals surface area contributed by atoms with E-state index in [0.717, 1.165) is 31.3 Å². The Morgan fingerprint density at radius 2 is 2.05 bits per heavy atom. The minimum absolute atomic E-state index is 0.0000211. The van der Waals surface area contributed by atoms with E-state index in [9.17, 15) is 21.6 Å². The minimum atomic E-state index is -4.43. The van der Waals surface area contributed by atoms with Crippen LogP contribution in [0.25, 0.3) is 5.65 Å². The molecule has 0 aliphatic carbocycles. The third-order valence-corrected chi connectivity index (χ3v) is 8.32. The third-order valence-electron chi connectivity index (χ3n) is 7.21. The van der Waals surface area contributed by atoms with Gasteiger partial charge in [-0.1, -0.05) is 12.0 Å². The van der Waals surface area contributed by atoms with Gasteiger partial charge in [-0.2, -0.15) is 13.2 Å². The fraction of sp³-hybridized carbons (Fsp3) is 0.444. The molecule has 2 fully saturated rings. The molecule has 2 saturated heterocycles. The standard InChI is InChI=1S/C27H30F3N5O3S/c1-34-15-17-12-18(16-34)32-25(17)20-6-5-11-35-23(14-27(28,29)30)21(33-26(20)35)7-4-10-31-22-9-8-19(39(3,36)37)13-24(22)38-2/h5-6,8-9,11,13,17-18,25,31-32H,10,12,14-16H2,1-3H3/t17-,18+,25-/m1/s1. The predicted molar refractivity (Wildman–Crippen MR) is 142 cm³/mol. The van der Waals surface area contributed by atoms with Gasteiger partial charge in [0.25, 0.3) is 0 Å². The molecular weight excluding hydrogens is 531 g/mol. The van der Waals surface area contributed by atoms with Crippen molar-refractivity contribution in [2.75, 3.05) is 45.4 Å². The Morgan fingerprint density at radius 3 is 2.77 bits per heavy atom. The van der Waals surface area contributed by atoms with Crippen molar-refractivity contribution in [1.29, 1.82) is 0 Å². The molecule has 3 atom stereocenters. The van der Waals surface area contributed by atoms with Gasteiger partial charge < -0.3 is 24.7 Å². The molecule has 0 radical (unpaired) electrons. The Morgan fingerprint density at radius 1 is 1.26 bits per heavy atom. The molecule has 2 N–H and O–H groups in total. The maximum Gasteiger partial charge on any atom is 0.394 e. The Bertz CT molecular complexity index is 1560. The van der Waals surface area contributed by atoms with Crippen LogP contribution in [0.5, 0.6) is 5.75 Å². The van der Waals surface area contributed by atoms with Crippen LogP contribution >= 0.6 is 0 Å². The number of halogens is 3. The van der Waals surface area contributed by atoms with E-state index in [2.05, 4.69) is 39.4 Å². The maximum atomic E-state index is 13.6. The zero-order chi connectivity index (χ0) is 27.9. The number of nitrogens with one attached hydrogen (secondary N) is 2. The third kappa shape index (κ3) is 5.85. The smallest absolute Gasteiger partial charge is 0.394 e. The number of sulfone groups is 1. The van der Waals surface area contributed by atoms with Crippen molar-refractivity contribution in [3.63, 3.8) is 0 Å². The summed E-state index contributed by atoms with van der Waals surface area (Å²) in [5, 5.41) is 6.69. The number of benzene rings is 1. The lowest BCUT2D eigenvalue weighted by Crippen LogP contribution is -2.38. The van der Waals surface area contributed by atoms with E-state index in [4.69, 9.17) is 4.74 Å². The number of likely N-dealkylation sites (tertiary alicyclic amines) is 1. The highest BCUT2D eigenvalue weighted by Crippen LogP contribution is 2.38. The van der Waals surface area contributed by atoms with Crippen molar-refractivity contribution in [2.24, 2.45) is 5.92 Å².